The molecule has 9 heteroatoms. The molecule has 3 aromatic rings. The second-order valence-electron chi connectivity index (χ2n) is 9.53. The maximum atomic E-state index is 13.4. The molecule has 0 aliphatic rings. The molecule has 0 aliphatic carbocycles. The standard InChI is InChI=1S/C27H29F3N2O3S/c1-19(20-13-15-21(16-14-20)26(2,3)4)31-25(33)18-32(36(34,35)24-11-6-5-7-12-24)23-10-8-9-22(17-23)27(28,29)30/h5-17,19H,18H2,1-4H3,(H,31,33)/t19-/m0/s1. The normalized spacial score (nSPS) is 13.2. The van der Waals surface area contributed by atoms with Gasteiger partial charge in [-0.3, -0.25) is 9.10 Å². The Morgan fingerprint density at radius 3 is 2.06 bits per heavy atom. The quantitative estimate of drug-likeness (QED) is 0.413. The topological polar surface area (TPSA) is 66.5 Å². The molecular formula is C27H29F3N2O3S. The number of hydrogen-bond acceptors (Lipinski definition) is 3. The van der Waals surface area contributed by atoms with E-state index in [1.54, 1.807) is 13.0 Å². The number of anilines is 1. The maximum absolute atomic E-state index is 13.4. The lowest BCUT2D eigenvalue weighted by atomic mass is 9.86. The third-order valence-electron chi connectivity index (χ3n) is 5.73. The Hall–Kier alpha value is -3.33. The minimum atomic E-state index is -4.67. The molecule has 0 aliphatic heterocycles. The predicted molar refractivity (Wildman–Crippen MR) is 134 cm³/mol. The monoisotopic (exact) mass is 518 g/mol. The Labute approximate surface area is 210 Å². The van der Waals surface area contributed by atoms with Crippen LogP contribution in [0.1, 0.15) is 50.4 Å². The zero-order valence-corrected chi connectivity index (χ0v) is 21.3. The third-order valence-corrected chi connectivity index (χ3v) is 7.52. The largest absolute Gasteiger partial charge is 0.416 e. The van der Waals surface area contributed by atoms with Gasteiger partial charge in [0.2, 0.25) is 5.91 Å². The first-order valence-corrected chi connectivity index (χ1v) is 12.8. The zero-order valence-electron chi connectivity index (χ0n) is 20.5. The van der Waals surface area contributed by atoms with Gasteiger partial charge in [0.25, 0.3) is 10.0 Å². The summed E-state index contributed by atoms with van der Waals surface area (Å²) in [6.07, 6.45) is -4.67. The van der Waals surface area contributed by atoms with Crippen molar-refractivity contribution in [3.63, 3.8) is 0 Å². The van der Waals surface area contributed by atoms with Crippen molar-refractivity contribution in [1.82, 2.24) is 5.32 Å². The first kappa shape index (κ1) is 27.3. The second kappa shape index (κ2) is 10.3. The summed E-state index contributed by atoms with van der Waals surface area (Å²) in [6, 6.07) is 18.4. The Morgan fingerprint density at radius 2 is 1.50 bits per heavy atom. The molecule has 192 valence electrons. The zero-order chi connectivity index (χ0) is 26.7. The van der Waals surface area contributed by atoms with Gasteiger partial charge in [-0.1, -0.05) is 69.3 Å². The van der Waals surface area contributed by atoms with Crippen molar-refractivity contribution in [2.24, 2.45) is 0 Å². The van der Waals surface area contributed by atoms with E-state index in [4.69, 9.17) is 0 Å². The molecular weight excluding hydrogens is 489 g/mol. The van der Waals surface area contributed by atoms with Gasteiger partial charge < -0.3 is 5.32 Å². The lowest BCUT2D eigenvalue weighted by Gasteiger charge is -2.26. The van der Waals surface area contributed by atoms with Crippen molar-refractivity contribution in [3.8, 4) is 0 Å². The summed E-state index contributed by atoms with van der Waals surface area (Å²) < 4.78 is 67.4. The fraction of sp³-hybridized carbons (Fsp3) is 0.296. The molecule has 0 heterocycles. The molecule has 0 saturated heterocycles. The van der Waals surface area contributed by atoms with Crippen LogP contribution in [0.3, 0.4) is 0 Å². The number of alkyl halides is 3. The fourth-order valence-corrected chi connectivity index (χ4v) is 5.08. The molecule has 1 amide bonds. The summed E-state index contributed by atoms with van der Waals surface area (Å²) >= 11 is 0. The molecule has 0 spiro atoms. The van der Waals surface area contributed by atoms with Crippen LogP contribution in [0.25, 0.3) is 0 Å². The summed E-state index contributed by atoms with van der Waals surface area (Å²) in [5, 5.41) is 2.76. The number of hydrogen-bond donors (Lipinski definition) is 1. The van der Waals surface area contributed by atoms with Crippen molar-refractivity contribution in [3.05, 3.63) is 95.6 Å². The molecule has 0 bridgehead atoms. The number of halogens is 3. The molecule has 0 unspecified atom stereocenters. The van der Waals surface area contributed by atoms with Gasteiger partial charge in [0.15, 0.2) is 0 Å². The van der Waals surface area contributed by atoms with Gasteiger partial charge in [-0.05, 0) is 53.8 Å². The van der Waals surface area contributed by atoms with E-state index in [-0.39, 0.29) is 16.0 Å². The van der Waals surface area contributed by atoms with Gasteiger partial charge in [0.1, 0.15) is 6.54 Å². The number of amides is 1. The minimum Gasteiger partial charge on any atom is -0.348 e. The SMILES string of the molecule is C[C@H](NC(=O)CN(c1cccc(C(F)(F)F)c1)S(=O)(=O)c1ccccc1)c1ccc(C(C)(C)C)cc1. The van der Waals surface area contributed by atoms with Crippen LogP contribution in [0.5, 0.6) is 0 Å². The van der Waals surface area contributed by atoms with Gasteiger partial charge in [-0.2, -0.15) is 13.2 Å². The number of benzene rings is 3. The Bertz CT molecular complexity index is 1300. The predicted octanol–water partition coefficient (Wildman–Crippen LogP) is 6.08. The minimum absolute atomic E-state index is 0.0394. The molecule has 0 saturated carbocycles. The average molecular weight is 519 g/mol. The van der Waals surface area contributed by atoms with E-state index in [0.717, 1.165) is 29.3 Å². The maximum Gasteiger partial charge on any atom is 0.416 e. The molecule has 0 aromatic heterocycles. The van der Waals surface area contributed by atoms with E-state index in [1.807, 2.05) is 24.3 Å². The molecule has 36 heavy (non-hydrogen) atoms. The summed E-state index contributed by atoms with van der Waals surface area (Å²) in [6.45, 7) is 7.32. The summed E-state index contributed by atoms with van der Waals surface area (Å²) in [5.74, 6) is -0.653. The van der Waals surface area contributed by atoms with Crippen LogP contribution < -0.4 is 9.62 Å². The first-order chi connectivity index (χ1) is 16.7. The first-order valence-electron chi connectivity index (χ1n) is 11.3. The third kappa shape index (κ3) is 6.46. The van der Waals surface area contributed by atoms with E-state index in [2.05, 4.69) is 26.1 Å². The highest BCUT2D eigenvalue weighted by Gasteiger charge is 2.33. The summed E-state index contributed by atoms with van der Waals surface area (Å²) in [5.41, 5.74) is 0.622. The lowest BCUT2D eigenvalue weighted by Crippen LogP contribution is -2.41. The van der Waals surface area contributed by atoms with Crippen molar-refractivity contribution in [1.29, 1.82) is 0 Å². The number of sulfonamides is 1. The van der Waals surface area contributed by atoms with E-state index in [0.29, 0.717) is 4.31 Å². The van der Waals surface area contributed by atoms with E-state index in [1.165, 1.54) is 30.3 Å². The average Bonchev–Trinajstić information content (AvgIpc) is 2.82. The number of carbonyl (C=O) groups excluding carboxylic acids is 1. The lowest BCUT2D eigenvalue weighted by molar-refractivity contribution is -0.137. The molecule has 5 nitrogen and oxygen atoms in total. The molecule has 3 rings (SSSR count). The van der Waals surface area contributed by atoms with Crippen LogP contribution in [0.4, 0.5) is 18.9 Å². The molecule has 0 radical (unpaired) electrons. The van der Waals surface area contributed by atoms with Crippen LogP contribution >= 0.6 is 0 Å². The second-order valence-corrected chi connectivity index (χ2v) is 11.4. The number of nitrogens with zero attached hydrogens (tertiary/aromatic N) is 1. The van der Waals surface area contributed by atoms with Crippen LogP contribution in [-0.2, 0) is 26.4 Å². The Morgan fingerprint density at radius 1 is 0.889 bits per heavy atom. The van der Waals surface area contributed by atoms with E-state index in [9.17, 15) is 26.4 Å². The van der Waals surface area contributed by atoms with Gasteiger partial charge in [0, 0.05) is 0 Å². The van der Waals surface area contributed by atoms with Gasteiger partial charge in [-0.25, -0.2) is 8.42 Å². The molecule has 0 fully saturated rings. The number of rotatable bonds is 7. The number of carbonyl (C=O) groups is 1. The Balaban J connectivity index is 1.90. The van der Waals surface area contributed by atoms with Gasteiger partial charge in [-0.15, -0.1) is 0 Å². The van der Waals surface area contributed by atoms with Crippen molar-refractivity contribution in [2.75, 3.05) is 10.8 Å². The van der Waals surface area contributed by atoms with Crippen molar-refractivity contribution < 1.29 is 26.4 Å². The van der Waals surface area contributed by atoms with Crippen LogP contribution in [0.15, 0.2) is 83.8 Å². The highest BCUT2D eigenvalue weighted by molar-refractivity contribution is 7.92. The van der Waals surface area contributed by atoms with Crippen molar-refractivity contribution >= 4 is 21.6 Å². The summed E-state index contributed by atoms with van der Waals surface area (Å²) in [7, 11) is -4.33. The highest BCUT2D eigenvalue weighted by Crippen LogP contribution is 2.33. The number of nitrogens with one attached hydrogen (secondary N) is 1. The van der Waals surface area contributed by atoms with Crippen LogP contribution in [0.2, 0.25) is 0 Å². The van der Waals surface area contributed by atoms with E-state index >= 15 is 0 Å². The van der Waals surface area contributed by atoms with Crippen LogP contribution in [-0.4, -0.2) is 20.9 Å². The smallest absolute Gasteiger partial charge is 0.348 e. The van der Waals surface area contributed by atoms with E-state index < -0.39 is 40.3 Å². The molecule has 3 aromatic carbocycles. The Kier molecular flexibility index (Phi) is 7.83. The summed E-state index contributed by atoms with van der Waals surface area (Å²) in [4.78, 5) is 12.8. The van der Waals surface area contributed by atoms with Crippen LogP contribution in [0, 0.1) is 0 Å². The fourth-order valence-electron chi connectivity index (χ4n) is 3.64. The van der Waals surface area contributed by atoms with Gasteiger partial charge >= 0.3 is 6.18 Å². The van der Waals surface area contributed by atoms with Crippen molar-refractivity contribution in [2.45, 2.75) is 50.2 Å². The molecule has 1 atom stereocenters. The van der Waals surface area contributed by atoms with Gasteiger partial charge in [0.05, 0.1) is 22.2 Å². The molecule has 1 N–H and O–H groups in total. The highest BCUT2D eigenvalue weighted by atomic mass is 32.2.